The number of imide groups is 2. The van der Waals surface area contributed by atoms with Gasteiger partial charge in [0.15, 0.2) is 0 Å². The van der Waals surface area contributed by atoms with Crippen LogP contribution in [0.3, 0.4) is 0 Å². The molecule has 1 fully saturated rings. The van der Waals surface area contributed by atoms with Crippen LogP contribution in [0.5, 0.6) is 0 Å². The highest BCUT2D eigenvalue weighted by atomic mass is 16.5. The fourth-order valence-corrected chi connectivity index (χ4v) is 4.43. The topological polar surface area (TPSA) is 98.2 Å². The Balaban J connectivity index is 1.78. The molecule has 0 saturated carbocycles. The van der Waals surface area contributed by atoms with E-state index in [9.17, 15) is 19.2 Å². The quantitative estimate of drug-likeness (QED) is 0.252. The number of amides is 4. The maximum atomic E-state index is 13.5. The molecule has 0 radical (unpaired) electrons. The van der Waals surface area contributed by atoms with Crippen molar-refractivity contribution in [2.24, 2.45) is 0 Å². The van der Waals surface area contributed by atoms with Gasteiger partial charge in [-0.15, -0.1) is 0 Å². The van der Waals surface area contributed by atoms with Crippen LogP contribution in [0.25, 0.3) is 11.8 Å². The van der Waals surface area contributed by atoms with Crippen LogP contribution in [0.1, 0.15) is 34.2 Å². The number of nitrogens with zero attached hydrogens (tertiary/aromatic N) is 3. The number of aryl methyl sites for hydroxylation is 1. The van der Waals surface area contributed by atoms with Gasteiger partial charge in [-0.1, -0.05) is 24.3 Å². The molecule has 0 bridgehead atoms. The lowest BCUT2D eigenvalue weighted by atomic mass is 10.1. The fourth-order valence-electron chi connectivity index (χ4n) is 4.43. The first-order valence-corrected chi connectivity index (χ1v) is 12.2. The predicted octanol–water partition coefficient (Wildman–Crippen LogP) is 4.30. The standard InChI is InChI=1S/C29H29N3O6/c1-5-38-28(35)21-10-9-13-24(17-21)31-19(2)16-22(20(31)3)18-25-26(33)30(14-15-37-4)29(36)32(27(25)34)23-11-7-6-8-12-23/h6-13,16-18H,5,14-15H2,1-4H3/b25-18-. The van der Waals surface area contributed by atoms with Crippen molar-refractivity contribution in [3.8, 4) is 5.69 Å². The molecule has 0 unspecified atom stereocenters. The number of methoxy groups -OCH3 is 1. The summed E-state index contributed by atoms with van der Waals surface area (Å²) in [4.78, 5) is 54.3. The van der Waals surface area contributed by atoms with Gasteiger partial charge in [0, 0.05) is 24.2 Å². The van der Waals surface area contributed by atoms with Gasteiger partial charge in [-0.2, -0.15) is 0 Å². The number of aromatic nitrogens is 1. The fraction of sp³-hybridized carbons (Fsp3) is 0.241. The van der Waals surface area contributed by atoms with Gasteiger partial charge >= 0.3 is 12.0 Å². The van der Waals surface area contributed by atoms with Gasteiger partial charge in [0.2, 0.25) is 0 Å². The number of hydrogen-bond donors (Lipinski definition) is 0. The first-order valence-electron chi connectivity index (χ1n) is 12.2. The molecule has 0 spiro atoms. The van der Waals surface area contributed by atoms with E-state index in [2.05, 4.69) is 0 Å². The molecular weight excluding hydrogens is 486 g/mol. The van der Waals surface area contributed by atoms with Gasteiger partial charge in [-0.3, -0.25) is 14.5 Å². The number of esters is 1. The Morgan fingerprint density at radius 1 is 0.921 bits per heavy atom. The van der Waals surface area contributed by atoms with Crippen LogP contribution in [0.4, 0.5) is 10.5 Å². The summed E-state index contributed by atoms with van der Waals surface area (Å²) in [5.41, 5.74) is 3.60. The van der Waals surface area contributed by atoms with E-state index in [0.717, 1.165) is 26.9 Å². The van der Waals surface area contributed by atoms with E-state index < -0.39 is 23.8 Å². The summed E-state index contributed by atoms with van der Waals surface area (Å²) in [5, 5.41) is 0. The number of hydrogen-bond acceptors (Lipinski definition) is 6. The number of barbiturate groups is 1. The molecular formula is C29H29N3O6. The normalized spacial score (nSPS) is 14.9. The zero-order chi connectivity index (χ0) is 27.4. The molecule has 1 aliphatic heterocycles. The summed E-state index contributed by atoms with van der Waals surface area (Å²) >= 11 is 0. The number of carbonyl (C=O) groups excluding carboxylic acids is 4. The van der Waals surface area contributed by atoms with Gasteiger partial charge in [0.05, 0.1) is 31.0 Å². The minimum Gasteiger partial charge on any atom is -0.462 e. The number of anilines is 1. The van der Waals surface area contributed by atoms with E-state index in [0.29, 0.717) is 16.8 Å². The highest BCUT2D eigenvalue weighted by molar-refractivity contribution is 6.39. The molecule has 2 heterocycles. The molecule has 0 N–H and O–H groups in total. The van der Waals surface area contributed by atoms with Crippen LogP contribution in [0.15, 0.2) is 66.2 Å². The highest BCUT2D eigenvalue weighted by Gasteiger charge is 2.42. The smallest absolute Gasteiger partial charge is 0.338 e. The molecule has 4 amide bonds. The number of rotatable bonds is 8. The average molecular weight is 516 g/mol. The molecule has 1 aliphatic rings. The van der Waals surface area contributed by atoms with Gasteiger partial charge in [0.1, 0.15) is 5.57 Å². The van der Waals surface area contributed by atoms with Gasteiger partial charge < -0.3 is 14.0 Å². The molecule has 196 valence electrons. The number of ether oxygens (including phenoxy) is 2. The molecule has 0 aliphatic carbocycles. The first kappa shape index (κ1) is 26.6. The van der Waals surface area contributed by atoms with Crippen LogP contribution >= 0.6 is 0 Å². The van der Waals surface area contributed by atoms with Gasteiger partial charge in [-0.05, 0) is 68.8 Å². The molecule has 9 nitrogen and oxygen atoms in total. The van der Waals surface area contributed by atoms with E-state index in [1.165, 1.54) is 13.2 Å². The number of benzene rings is 2. The van der Waals surface area contributed by atoms with Crippen LogP contribution in [-0.2, 0) is 19.1 Å². The van der Waals surface area contributed by atoms with Crippen LogP contribution < -0.4 is 4.90 Å². The van der Waals surface area contributed by atoms with Crippen molar-refractivity contribution < 1.29 is 28.7 Å². The summed E-state index contributed by atoms with van der Waals surface area (Å²) < 4.78 is 12.1. The monoisotopic (exact) mass is 515 g/mol. The van der Waals surface area contributed by atoms with Gasteiger partial charge in [0.25, 0.3) is 11.8 Å². The predicted molar refractivity (Wildman–Crippen MR) is 142 cm³/mol. The Morgan fingerprint density at radius 2 is 1.63 bits per heavy atom. The summed E-state index contributed by atoms with van der Waals surface area (Å²) in [6.45, 7) is 5.90. The SMILES string of the molecule is CCOC(=O)c1cccc(-n2c(C)cc(/C=C3/C(=O)N(CCOC)C(=O)N(c4ccccc4)C3=O)c2C)c1. The molecule has 4 rings (SSSR count). The number of para-hydroxylation sites is 1. The molecule has 1 saturated heterocycles. The zero-order valence-electron chi connectivity index (χ0n) is 21.8. The third-order valence-electron chi connectivity index (χ3n) is 6.25. The zero-order valence-corrected chi connectivity index (χ0v) is 21.8. The number of carbonyl (C=O) groups is 4. The van der Waals surface area contributed by atoms with E-state index in [4.69, 9.17) is 9.47 Å². The summed E-state index contributed by atoms with van der Waals surface area (Å²) in [6, 6.07) is 16.7. The Hall–Kier alpha value is -4.50. The van der Waals surface area contributed by atoms with E-state index in [-0.39, 0.29) is 25.3 Å². The van der Waals surface area contributed by atoms with Crippen molar-refractivity contribution in [2.45, 2.75) is 20.8 Å². The van der Waals surface area contributed by atoms with Crippen LogP contribution in [-0.4, -0.2) is 60.2 Å². The maximum Gasteiger partial charge on any atom is 0.338 e. The summed E-state index contributed by atoms with van der Waals surface area (Å²) in [7, 11) is 1.47. The van der Waals surface area contributed by atoms with E-state index in [1.807, 2.05) is 30.5 Å². The van der Waals surface area contributed by atoms with E-state index >= 15 is 0 Å². The van der Waals surface area contributed by atoms with Crippen LogP contribution in [0.2, 0.25) is 0 Å². The maximum absolute atomic E-state index is 13.5. The Kier molecular flexibility index (Phi) is 7.87. The lowest BCUT2D eigenvalue weighted by Crippen LogP contribution is -2.57. The Bertz CT molecular complexity index is 1420. The minimum atomic E-state index is -0.721. The lowest BCUT2D eigenvalue weighted by Gasteiger charge is -2.33. The summed E-state index contributed by atoms with van der Waals surface area (Å²) in [6.07, 6.45) is 1.51. The Labute approximate surface area is 220 Å². The molecule has 3 aromatic rings. The molecule has 38 heavy (non-hydrogen) atoms. The Morgan fingerprint density at radius 3 is 2.32 bits per heavy atom. The van der Waals surface area contributed by atoms with Crippen molar-refractivity contribution >= 4 is 35.6 Å². The van der Waals surface area contributed by atoms with Crippen molar-refractivity contribution in [3.63, 3.8) is 0 Å². The second-order valence-electron chi connectivity index (χ2n) is 8.70. The molecule has 1 aromatic heterocycles. The highest BCUT2D eigenvalue weighted by Crippen LogP contribution is 2.28. The summed E-state index contributed by atoms with van der Waals surface area (Å²) in [5.74, 6) is -1.80. The first-order chi connectivity index (χ1) is 18.3. The number of urea groups is 1. The lowest BCUT2D eigenvalue weighted by molar-refractivity contribution is -0.129. The molecule has 0 atom stereocenters. The van der Waals surface area contributed by atoms with E-state index in [1.54, 1.807) is 55.5 Å². The van der Waals surface area contributed by atoms with Crippen molar-refractivity contribution in [1.82, 2.24) is 9.47 Å². The largest absolute Gasteiger partial charge is 0.462 e. The third-order valence-corrected chi connectivity index (χ3v) is 6.25. The minimum absolute atomic E-state index is 0.00178. The molecule has 2 aromatic carbocycles. The second kappa shape index (κ2) is 11.3. The average Bonchev–Trinajstić information content (AvgIpc) is 3.19. The second-order valence-corrected chi connectivity index (χ2v) is 8.70. The van der Waals surface area contributed by atoms with Crippen LogP contribution in [0, 0.1) is 13.8 Å². The van der Waals surface area contributed by atoms with Gasteiger partial charge in [-0.25, -0.2) is 14.5 Å². The van der Waals surface area contributed by atoms with Crippen molar-refractivity contribution in [1.29, 1.82) is 0 Å². The van der Waals surface area contributed by atoms with Crippen molar-refractivity contribution in [2.75, 3.05) is 31.8 Å². The third kappa shape index (κ3) is 5.01. The van der Waals surface area contributed by atoms with Crippen molar-refractivity contribution in [3.05, 3.63) is 88.8 Å². The molecule has 9 heteroatoms.